The number of carbonyl (C=O) groups is 1. The lowest BCUT2D eigenvalue weighted by molar-refractivity contribution is -0.384. The Morgan fingerprint density at radius 3 is 2.57 bits per heavy atom. The average Bonchev–Trinajstić information content (AvgIpc) is 2.87. The van der Waals surface area contributed by atoms with Gasteiger partial charge in [0.15, 0.2) is 0 Å². The van der Waals surface area contributed by atoms with E-state index in [9.17, 15) is 14.9 Å². The standard InChI is InChI=1S/C15H19ClN2O3/c1-15(2,3)10-6-7-17(9-10)14(19)12-5-4-11(18(20)21)8-13(12)16/h4-5,8,10H,6-7,9H2,1-3H3. The molecule has 1 aromatic rings. The van der Waals surface area contributed by atoms with Gasteiger partial charge in [-0.25, -0.2) is 0 Å². The second-order valence-electron chi connectivity index (χ2n) is 6.52. The van der Waals surface area contributed by atoms with E-state index in [1.54, 1.807) is 4.90 Å². The minimum atomic E-state index is -0.522. The second-order valence-corrected chi connectivity index (χ2v) is 6.93. The lowest BCUT2D eigenvalue weighted by atomic mass is 9.80. The first kappa shape index (κ1) is 15.8. The Hall–Kier alpha value is -1.62. The van der Waals surface area contributed by atoms with Crippen LogP contribution in [0, 0.1) is 21.4 Å². The molecular formula is C15H19ClN2O3. The largest absolute Gasteiger partial charge is 0.338 e. The van der Waals surface area contributed by atoms with Crippen molar-refractivity contribution in [2.24, 2.45) is 11.3 Å². The van der Waals surface area contributed by atoms with E-state index in [2.05, 4.69) is 20.8 Å². The number of nitro groups is 1. The molecule has 1 unspecified atom stereocenters. The van der Waals surface area contributed by atoms with Crippen molar-refractivity contribution in [3.05, 3.63) is 38.9 Å². The van der Waals surface area contributed by atoms with Gasteiger partial charge in [0, 0.05) is 25.2 Å². The zero-order valence-corrected chi connectivity index (χ0v) is 13.2. The molecule has 2 rings (SSSR count). The van der Waals surface area contributed by atoms with Crippen LogP contribution in [0.15, 0.2) is 18.2 Å². The Bertz CT molecular complexity index is 581. The molecule has 1 aromatic carbocycles. The van der Waals surface area contributed by atoms with Crippen molar-refractivity contribution in [1.29, 1.82) is 0 Å². The summed E-state index contributed by atoms with van der Waals surface area (Å²) in [6.07, 6.45) is 0.972. The summed E-state index contributed by atoms with van der Waals surface area (Å²) in [5, 5.41) is 10.8. The van der Waals surface area contributed by atoms with Gasteiger partial charge in [-0.15, -0.1) is 0 Å². The number of nitrogens with zero attached hydrogens (tertiary/aromatic N) is 2. The van der Waals surface area contributed by atoms with Crippen molar-refractivity contribution >= 4 is 23.2 Å². The fourth-order valence-corrected chi connectivity index (χ4v) is 2.87. The number of non-ortho nitro benzene ring substituents is 1. The Morgan fingerprint density at radius 1 is 1.43 bits per heavy atom. The highest BCUT2D eigenvalue weighted by Crippen LogP contribution is 2.34. The van der Waals surface area contributed by atoms with Crippen LogP contribution in [0.2, 0.25) is 5.02 Å². The molecule has 1 atom stereocenters. The van der Waals surface area contributed by atoms with E-state index in [4.69, 9.17) is 11.6 Å². The monoisotopic (exact) mass is 310 g/mol. The number of halogens is 1. The molecule has 0 bridgehead atoms. The molecule has 1 aliphatic rings. The summed E-state index contributed by atoms with van der Waals surface area (Å²) < 4.78 is 0. The summed E-state index contributed by atoms with van der Waals surface area (Å²) in [6.45, 7) is 7.92. The smallest absolute Gasteiger partial charge is 0.270 e. The van der Waals surface area contributed by atoms with E-state index in [1.807, 2.05) is 0 Å². The first-order valence-electron chi connectivity index (χ1n) is 6.93. The van der Waals surface area contributed by atoms with Gasteiger partial charge in [0.2, 0.25) is 0 Å². The van der Waals surface area contributed by atoms with Crippen LogP contribution in [0.3, 0.4) is 0 Å². The van der Waals surface area contributed by atoms with Crippen molar-refractivity contribution in [2.45, 2.75) is 27.2 Å². The number of rotatable bonds is 2. The Kier molecular flexibility index (Phi) is 4.23. The van der Waals surface area contributed by atoms with Gasteiger partial charge in [-0.3, -0.25) is 14.9 Å². The third-order valence-electron chi connectivity index (χ3n) is 4.09. The van der Waals surface area contributed by atoms with Crippen LogP contribution >= 0.6 is 11.6 Å². The molecule has 1 amide bonds. The van der Waals surface area contributed by atoms with Crippen LogP contribution in [0.25, 0.3) is 0 Å². The number of hydrogen-bond acceptors (Lipinski definition) is 3. The maximum absolute atomic E-state index is 12.5. The van der Waals surface area contributed by atoms with Gasteiger partial charge in [0.1, 0.15) is 0 Å². The van der Waals surface area contributed by atoms with Gasteiger partial charge in [-0.2, -0.15) is 0 Å². The molecule has 0 aliphatic carbocycles. The van der Waals surface area contributed by atoms with Crippen molar-refractivity contribution in [3.63, 3.8) is 0 Å². The van der Waals surface area contributed by atoms with Crippen molar-refractivity contribution in [3.8, 4) is 0 Å². The number of hydrogen-bond donors (Lipinski definition) is 0. The molecule has 0 radical (unpaired) electrons. The van der Waals surface area contributed by atoms with E-state index in [-0.39, 0.29) is 22.0 Å². The lowest BCUT2D eigenvalue weighted by Crippen LogP contribution is -2.31. The third kappa shape index (κ3) is 3.35. The van der Waals surface area contributed by atoms with Crippen LogP contribution in [-0.4, -0.2) is 28.8 Å². The molecule has 0 spiro atoms. The predicted molar refractivity (Wildman–Crippen MR) is 81.6 cm³/mol. The summed E-state index contributed by atoms with van der Waals surface area (Å²) in [5.74, 6) is 0.305. The van der Waals surface area contributed by atoms with E-state index >= 15 is 0 Å². The van der Waals surface area contributed by atoms with Crippen LogP contribution < -0.4 is 0 Å². The summed E-state index contributed by atoms with van der Waals surface area (Å²) in [6, 6.07) is 3.98. The molecule has 1 fully saturated rings. The number of amides is 1. The summed E-state index contributed by atoms with van der Waals surface area (Å²) in [4.78, 5) is 24.4. The molecule has 1 saturated heterocycles. The van der Waals surface area contributed by atoms with Crippen LogP contribution in [-0.2, 0) is 0 Å². The lowest BCUT2D eigenvalue weighted by Gasteiger charge is -2.27. The second kappa shape index (κ2) is 5.64. The number of nitro benzene ring substituents is 1. The fourth-order valence-electron chi connectivity index (χ4n) is 2.61. The van der Waals surface area contributed by atoms with Gasteiger partial charge < -0.3 is 4.90 Å². The van der Waals surface area contributed by atoms with Gasteiger partial charge in [0.05, 0.1) is 15.5 Å². The molecule has 1 heterocycles. The molecule has 5 nitrogen and oxygen atoms in total. The summed E-state index contributed by atoms with van der Waals surface area (Å²) >= 11 is 6.02. The normalized spacial score (nSPS) is 18.9. The van der Waals surface area contributed by atoms with Crippen LogP contribution in [0.5, 0.6) is 0 Å². The van der Waals surface area contributed by atoms with Crippen LogP contribution in [0.1, 0.15) is 37.6 Å². The number of benzene rings is 1. The summed E-state index contributed by atoms with van der Waals surface area (Å²) in [5.41, 5.74) is 0.385. The van der Waals surface area contributed by atoms with E-state index in [1.165, 1.54) is 18.2 Å². The van der Waals surface area contributed by atoms with Gasteiger partial charge in [-0.1, -0.05) is 32.4 Å². The molecule has 1 aliphatic heterocycles. The Balaban J connectivity index is 2.16. The highest BCUT2D eigenvalue weighted by Gasteiger charge is 2.34. The maximum Gasteiger partial charge on any atom is 0.270 e. The molecular weight excluding hydrogens is 292 g/mol. The third-order valence-corrected chi connectivity index (χ3v) is 4.41. The van der Waals surface area contributed by atoms with Crippen molar-refractivity contribution in [1.82, 2.24) is 4.90 Å². The van der Waals surface area contributed by atoms with E-state index < -0.39 is 4.92 Å². The van der Waals surface area contributed by atoms with Gasteiger partial charge in [-0.05, 0) is 23.8 Å². The predicted octanol–water partition coefficient (Wildman–Crippen LogP) is 3.76. The van der Waals surface area contributed by atoms with E-state index in [0.717, 1.165) is 6.42 Å². The topological polar surface area (TPSA) is 63.5 Å². The van der Waals surface area contributed by atoms with Crippen molar-refractivity contribution in [2.75, 3.05) is 13.1 Å². The van der Waals surface area contributed by atoms with Gasteiger partial charge in [0.25, 0.3) is 11.6 Å². The minimum absolute atomic E-state index is 0.106. The molecule has 21 heavy (non-hydrogen) atoms. The molecule has 0 N–H and O–H groups in total. The quantitative estimate of drug-likeness (QED) is 0.617. The average molecular weight is 311 g/mol. The SMILES string of the molecule is CC(C)(C)C1CCN(C(=O)c2ccc([N+](=O)[O-])cc2Cl)C1. The first-order valence-corrected chi connectivity index (χ1v) is 7.31. The molecule has 6 heteroatoms. The zero-order chi connectivity index (χ0) is 15.8. The van der Waals surface area contributed by atoms with Crippen LogP contribution in [0.4, 0.5) is 5.69 Å². The zero-order valence-electron chi connectivity index (χ0n) is 12.4. The number of carbonyl (C=O) groups excluding carboxylic acids is 1. The summed E-state index contributed by atoms with van der Waals surface area (Å²) in [7, 11) is 0. The highest BCUT2D eigenvalue weighted by atomic mass is 35.5. The minimum Gasteiger partial charge on any atom is -0.338 e. The number of likely N-dealkylation sites (tertiary alicyclic amines) is 1. The maximum atomic E-state index is 12.5. The Morgan fingerprint density at radius 2 is 2.10 bits per heavy atom. The van der Waals surface area contributed by atoms with E-state index in [0.29, 0.717) is 24.6 Å². The molecule has 0 saturated carbocycles. The van der Waals surface area contributed by atoms with Crippen molar-refractivity contribution < 1.29 is 9.72 Å². The fraction of sp³-hybridized carbons (Fsp3) is 0.533. The molecule has 114 valence electrons. The molecule has 0 aromatic heterocycles. The highest BCUT2D eigenvalue weighted by molar-refractivity contribution is 6.34. The first-order chi connectivity index (χ1) is 9.70. The Labute approximate surface area is 129 Å². The van der Waals surface area contributed by atoms with Gasteiger partial charge >= 0.3 is 0 Å².